The average molecular weight is 394 g/mol. The van der Waals surface area contributed by atoms with E-state index in [1.54, 1.807) is 51.1 Å². The van der Waals surface area contributed by atoms with Crippen LogP contribution >= 0.6 is 0 Å². The summed E-state index contributed by atoms with van der Waals surface area (Å²) >= 11 is 0. The van der Waals surface area contributed by atoms with E-state index in [0.29, 0.717) is 11.1 Å². The molecule has 2 aromatic carbocycles. The lowest BCUT2D eigenvalue weighted by atomic mass is 9.85. The summed E-state index contributed by atoms with van der Waals surface area (Å²) in [6.45, 7) is 5.22. The number of hydrogen-bond donors (Lipinski definition) is 4. The maximum atomic E-state index is 12.9. The number of rotatable bonds is 7. The third-order valence-corrected chi connectivity index (χ3v) is 4.49. The predicted molar refractivity (Wildman–Crippen MR) is 112 cm³/mol. The van der Waals surface area contributed by atoms with Crippen LogP contribution in [0.2, 0.25) is 0 Å². The summed E-state index contributed by atoms with van der Waals surface area (Å²) in [4.78, 5) is 25.4. The number of amides is 1. The van der Waals surface area contributed by atoms with Crippen molar-refractivity contribution >= 4 is 11.7 Å². The van der Waals surface area contributed by atoms with Crippen molar-refractivity contribution in [3.63, 3.8) is 0 Å². The molecule has 0 heterocycles. The van der Waals surface area contributed by atoms with Crippen molar-refractivity contribution in [1.82, 2.24) is 5.32 Å². The molecule has 0 fully saturated rings. The van der Waals surface area contributed by atoms with Crippen LogP contribution in [0.15, 0.2) is 77.6 Å². The van der Waals surface area contributed by atoms with Crippen LogP contribution in [0, 0.1) is 0 Å². The molecule has 1 unspecified atom stereocenters. The number of nitrogens with two attached hydrogens (primary N) is 1. The summed E-state index contributed by atoms with van der Waals surface area (Å²) < 4.78 is 0. The van der Waals surface area contributed by atoms with E-state index >= 15 is 0 Å². The monoisotopic (exact) mass is 394 g/mol. The van der Waals surface area contributed by atoms with Gasteiger partial charge < -0.3 is 21.3 Å². The van der Waals surface area contributed by atoms with Crippen LogP contribution in [-0.4, -0.2) is 21.9 Å². The van der Waals surface area contributed by atoms with Crippen LogP contribution in [0.4, 0.5) is 0 Å². The highest BCUT2D eigenvalue weighted by atomic mass is 16.3. The Labute approximate surface area is 170 Å². The molecule has 2 rings (SSSR count). The van der Waals surface area contributed by atoms with Gasteiger partial charge in [-0.3, -0.25) is 9.59 Å². The minimum absolute atomic E-state index is 0.0274. The quantitative estimate of drug-likeness (QED) is 0.426. The van der Waals surface area contributed by atoms with Crippen molar-refractivity contribution in [2.24, 2.45) is 5.73 Å². The Hall–Kier alpha value is -3.38. The van der Waals surface area contributed by atoms with Gasteiger partial charge in [0.2, 0.25) is 11.7 Å². The van der Waals surface area contributed by atoms with E-state index in [2.05, 4.69) is 5.32 Å². The first-order valence-corrected chi connectivity index (χ1v) is 9.26. The van der Waals surface area contributed by atoms with E-state index in [9.17, 15) is 19.8 Å². The van der Waals surface area contributed by atoms with Crippen LogP contribution < -0.4 is 11.1 Å². The molecule has 1 atom stereocenters. The summed E-state index contributed by atoms with van der Waals surface area (Å²) in [6, 6.07) is 14.3. The molecule has 0 spiro atoms. The fourth-order valence-corrected chi connectivity index (χ4v) is 2.94. The van der Waals surface area contributed by atoms with Crippen LogP contribution in [-0.2, 0) is 10.4 Å². The second-order valence-electron chi connectivity index (χ2n) is 6.96. The van der Waals surface area contributed by atoms with Crippen LogP contribution in [0.1, 0.15) is 43.1 Å². The minimum atomic E-state index is -1.74. The van der Waals surface area contributed by atoms with Crippen molar-refractivity contribution in [3.05, 3.63) is 88.8 Å². The molecular weight excluding hydrogens is 368 g/mol. The summed E-state index contributed by atoms with van der Waals surface area (Å²) in [7, 11) is 0. The molecule has 0 saturated carbocycles. The van der Waals surface area contributed by atoms with Gasteiger partial charge in [-0.25, -0.2) is 0 Å². The lowest BCUT2D eigenvalue weighted by molar-refractivity contribution is -0.116. The SMILES string of the molecule is CCC(O)(C(NC(=O)C=C(C)C)=C(N)C(=O)c1ccccc1)c1ccc(O)cc1. The topological polar surface area (TPSA) is 113 Å². The van der Waals surface area contributed by atoms with Crippen LogP contribution in [0.25, 0.3) is 0 Å². The Morgan fingerprint density at radius 1 is 1.07 bits per heavy atom. The zero-order valence-electron chi connectivity index (χ0n) is 16.8. The third kappa shape index (κ3) is 5.12. The van der Waals surface area contributed by atoms with E-state index in [1.165, 1.54) is 30.3 Å². The number of phenols is 1. The highest BCUT2D eigenvalue weighted by Crippen LogP contribution is 2.34. The summed E-state index contributed by atoms with van der Waals surface area (Å²) in [6.07, 6.45) is 1.48. The van der Waals surface area contributed by atoms with E-state index in [0.717, 1.165) is 5.57 Å². The second kappa shape index (κ2) is 9.21. The molecule has 1 amide bonds. The van der Waals surface area contributed by atoms with E-state index in [4.69, 9.17) is 5.73 Å². The number of allylic oxidation sites excluding steroid dienone is 2. The van der Waals surface area contributed by atoms with Gasteiger partial charge in [0.05, 0.1) is 5.70 Å². The number of hydrogen-bond acceptors (Lipinski definition) is 5. The first-order chi connectivity index (χ1) is 13.7. The molecule has 5 N–H and O–H groups in total. The van der Waals surface area contributed by atoms with Gasteiger partial charge in [0.25, 0.3) is 0 Å². The first-order valence-electron chi connectivity index (χ1n) is 9.26. The Morgan fingerprint density at radius 3 is 2.17 bits per heavy atom. The largest absolute Gasteiger partial charge is 0.508 e. The van der Waals surface area contributed by atoms with Gasteiger partial charge in [0.1, 0.15) is 17.0 Å². The predicted octanol–water partition coefficient (Wildman–Crippen LogP) is 3.13. The van der Waals surface area contributed by atoms with Crippen molar-refractivity contribution in [3.8, 4) is 5.75 Å². The number of carbonyl (C=O) groups excluding carboxylic acids is 2. The highest BCUT2D eigenvalue weighted by Gasteiger charge is 2.36. The van der Waals surface area contributed by atoms with Gasteiger partial charge in [0, 0.05) is 11.6 Å². The Balaban J connectivity index is 2.64. The Bertz CT molecular complexity index is 943. The maximum Gasteiger partial charge on any atom is 0.248 e. The van der Waals surface area contributed by atoms with Gasteiger partial charge in [-0.2, -0.15) is 0 Å². The molecule has 152 valence electrons. The van der Waals surface area contributed by atoms with Crippen molar-refractivity contribution in [1.29, 1.82) is 0 Å². The Kier molecular flexibility index (Phi) is 6.96. The zero-order chi connectivity index (χ0) is 21.6. The molecule has 29 heavy (non-hydrogen) atoms. The van der Waals surface area contributed by atoms with E-state index in [1.807, 2.05) is 0 Å². The molecule has 0 aromatic heterocycles. The Morgan fingerprint density at radius 2 is 1.66 bits per heavy atom. The maximum absolute atomic E-state index is 12.9. The van der Waals surface area contributed by atoms with Crippen molar-refractivity contribution in [2.45, 2.75) is 32.8 Å². The molecule has 0 aliphatic rings. The molecular formula is C23H26N2O4. The molecule has 6 heteroatoms. The van der Waals surface area contributed by atoms with Crippen LogP contribution in [0.3, 0.4) is 0 Å². The van der Waals surface area contributed by atoms with E-state index in [-0.39, 0.29) is 23.6 Å². The fourth-order valence-electron chi connectivity index (χ4n) is 2.94. The van der Waals surface area contributed by atoms with Gasteiger partial charge in [-0.15, -0.1) is 0 Å². The summed E-state index contributed by atoms with van der Waals surface area (Å²) in [5, 5.41) is 23.7. The second-order valence-corrected chi connectivity index (χ2v) is 6.96. The van der Waals surface area contributed by atoms with Crippen LogP contribution in [0.5, 0.6) is 5.75 Å². The fraction of sp³-hybridized carbons (Fsp3) is 0.217. The third-order valence-electron chi connectivity index (χ3n) is 4.49. The average Bonchev–Trinajstić information content (AvgIpc) is 2.71. The number of nitrogens with one attached hydrogen (secondary N) is 1. The van der Waals surface area contributed by atoms with Gasteiger partial charge >= 0.3 is 0 Å². The number of phenolic OH excluding ortho intramolecular Hbond substituents is 1. The number of aliphatic hydroxyl groups is 1. The standard InChI is InChI=1S/C23H26N2O4/c1-4-23(29,17-10-12-18(26)13-11-17)22(25-19(27)14-15(2)3)20(24)21(28)16-8-6-5-7-9-16/h5-14,26,29H,4,24H2,1-3H3,(H,25,27). The van der Waals surface area contributed by atoms with Gasteiger partial charge in [-0.1, -0.05) is 55.0 Å². The molecule has 0 radical (unpaired) electrons. The smallest absolute Gasteiger partial charge is 0.248 e. The van der Waals surface area contributed by atoms with Gasteiger partial charge in [0.15, 0.2) is 0 Å². The minimum Gasteiger partial charge on any atom is -0.508 e. The molecule has 0 aliphatic carbocycles. The van der Waals surface area contributed by atoms with Crippen molar-refractivity contribution in [2.75, 3.05) is 0 Å². The lowest BCUT2D eigenvalue weighted by Crippen LogP contribution is -2.41. The van der Waals surface area contributed by atoms with E-state index < -0.39 is 17.3 Å². The first kappa shape index (κ1) is 21.9. The number of ketones is 1. The molecule has 0 bridgehead atoms. The highest BCUT2D eigenvalue weighted by molar-refractivity contribution is 6.09. The lowest BCUT2D eigenvalue weighted by Gasteiger charge is -2.31. The summed E-state index contributed by atoms with van der Waals surface area (Å²) in [5.41, 5.74) is 5.56. The number of benzene rings is 2. The molecule has 2 aromatic rings. The van der Waals surface area contributed by atoms with Gasteiger partial charge in [-0.05, 0) is 38.0 Å². The zero-order valence-corrected chi connectivity index (χ0v) is 16.8. The number of Topliss-reactive ketones (excluding diaryl/α,β-unsaturated/α-hetero) is 1. The normalized spacial score (nSPS) is 13.7. The van der Waals surface area contributed by atoms with Crippen molar-refractivity contribution < 1.29 is 19.8 Å². The molecule has 0 aliphatic heterocycles. The molecule has 0 saturated heterocycles. The summed E-state index contributed by atoms with van der Waals surface area (Å²) in [5.74, 6) is -0.988. The number of carbonyl (C=O) groups is 2. The molecule has 6 nitrogen and oxygen atoms in total. The number of aromatic hydroxyl groups is 1.